The fourth-order valence-electron chi connectivity index (χ4n) is 1.97. The predicted molar refractivity (Wildman–Crippen MR) is 88.1 cm³/mol. The highest BCUT2D eigenvalue weighted by molar-refractivity contribution is 7.90. The Hall–Kier alpha value is -2.34. The highest BCUT2D eigenvalue weighted by atomic mass is 32.2. The molecule has 1 amide bonds. The number of aryl methyl sites for hydroxylation is 1. The zero-order valence-electron chi connectivity index (χ0n) is 13.1. The van der Waals surface area contributed by atoms with Crippen LogP contribution in [0, 0.1) is 6.92 Å². The largest absolute Gasteiger partial charge is 0.484 e. The van der Waals surface area contributed by atoms with Gasteiger partial charge in [0.25, 0.3) is 5.91 Å². The molecule has 0 atom stereocenters. The van der Waals surface area contributed by atoms with Gasteiger partial charge in [-0.05, 0) is 36.2 Å². The first-order valence-electron chi connectivity index (χ1n) is 7.10. The molecule has 0 spiro atoms. The lowest BCUT2D eigenvalue weighted by molar-refractivity contribution is -0.123. The maximum absolute atomic E-state index is 11.8. The predicted octanol–water partition coefficient (Wildman–Crippen LogP) is 2.09. The summed E-state index contributed by atoms with van der Waals surface area (Å²) in [5.41, 5.74) is 1.79. The molecule has 6 heteroatoms. The first kappa shape index (κ1) is 17.0. The van der Waals surface area contributed by atoms with E-state index < -0.39 is 9.84 Å². The van der Waals surface area contributed by atoms with Crippen molar-refractivity contribution in [3.05, 3.63) is 59.7 Å². The maximum atomic E-state index is 11.8. The fourth-order valence-corrected chi connectivity index (χ4v) is 2.60. The summed E-state index contributed by atoms with van der Waals surface area (Å²) in [6.07, 6.45) is 1.16. The van der Waals surface area contributed by atoms with E-state index in [1.165, 1.54) is 12.1 Å². The second kappa shape index (κ2) is 7.28. The van der Waals surface area contributed by atoms with Crippen LogP contribution in [0.5, 0.6) is 5.75 Å². The number of amides is 1. The number of carbonyl (C=O) groups excluding carboxylic acids is 1. The van der Waals surface area contributed by atoms with Crippen LogP contribution in [0.2, 0.25) is 0 Å². The molecule has 0 heterocycles. The monoisotopic (exact) mass is 333 g/mol. The van der Waals surface area contributed by atoms with Gasteiger partial charge < -0.3 is 10.1 Å². The van der Waals surface area contributed by atoms with E-state index in [-0.39, 0.29) is 17.4 Å². The van der Waals surface area contributed by atoms with Gasteiger partial charge in [0.1, 0.15) is 5.75 Å². The second-order valence-corrected chi connectivity index (χ2v) is 7.26. The summed E-state index contributed by atoms with van der Waals surface area (Å²) in [5.74, 6) is 0.445. The normalized spacial score (nSPS) is 11.0. The van der Waals surface area contributed by atoms with Gasteiger partial charge in [0.2, 0.25) is 0 Å². The lowest BCUT2D eigenvalue weighted by Gasteiger charge is -2.09. The molecule has 23 heavy (non-hydrogen) atoms. The molecule has 0 saturated carbocycles. The van der Waals surface area contributed by atoms with Gasteiger partial charge in [-0.15, -0.1) is 0 Å². The van der Waals surface area contributed by atoms with E-state index in [1.807, 2.05) is 31.2 Å². The molecule has 0 aliphatic rings. The van der Waals surface area contributed by atoms with Crippen molar-refractivity contribution in [1.29, 1.82) is 0 Å². The van der Waals surface area contributed by atoms with E-state index in [1.54, 1.807) is 12.1 Å². The Balaban J connectivity index is 1.84. The topological polar surface area (TPSA) is 72.5 Å². The highest BCUT2D eigenvalue weighted by Crippen LogP contribution is 2.15. The number of sulfone groups is 1. The van der Waals surface area contributed by atoms with E-state index in [9.17, 15) is 13.2 Å². The molecule has 0 bridgehead atoms. The summed E-state index contributed by atoms with van der Waals surface area (Å²) in [7, 11) is -3.20. The van der Waals surface area contributed by atoms with Crippen LogP contribution in [0.1, 0.15) is 11.1 Å². The van der Waals surface area contributed by atoms with Crippen molar-refractivity contribution in [3.8, 4) is 5.75 Å². The van der Waals surface area contributed by atoms with Crippen LogP contribution >= 0.6 is 0 Å². The minimum Gasteiger partial charge on any atom is -0.484 e. The van der Waals surface area contributed by atoms with Crippen LogP contribution in [-0.4, -0.2) is 27.2 Å². The first-order valence-corrected chi connectivity index (χ1v) is 8.99. The van der Waals surface area contributed by atoms with Crippen LogP contribution in [0.25, 0.3) is 0 Å². The van der Waals surface area contributed by atoms with Gasteiger partial charge in [-0.25, -0.2) is 8.42 Å². The number of carbonyl (C=O) groups is 1. The van der Waals surface area contributed by atoms with Gasteiger partial charge in [-0.1, -0.05) is 30.3 Å². The van der Waals surface area contributed by atoms with Gasteiger partial charge in [0.05, 0.1) is 4.90 Å². The van der Waals surface area contributed by atoms with Crippen molar-refractivity contribution >= 4 is 15.7 Å². The van der Waals surface area contributed by atoms with Crippen LogP contribution < -0.4 is 10.1 Å². The summed E-state index contributed by atoms with van der Waals surface area (Å²) < 4.78 is 28.2. The highest BCUT2D eigenvalue weighted by Gasteiger charge is 2.07. The van der Waals surface area contributed by atoms with E-state index >= 15 is 0 Å². The lowest BCUT2D eigenvalue weighted by atomic mass is 10.2. The standard InChI is InChI=1S/C17H19NO4S/c1-13-5-3-4-6-16(13)22-12-17(19)18-11-14-7-9-15(10-8-14)23(2,20)21/h3-10H,11-12H2,1-2H3,(H,18,19). The van der Waals surface area contributed by atoms with Crippen molar-refractivity contribution in [2.24, 2.45) is 0 Å². The average molecular weight is 333 g/mol. The fraction of sp³-hybridized carbons (Fsp3) is 0.235. The van der Waals surface area contributed by atoms with Crippen LogP contribution in [-0.2, 0) is 21.2 Å². The molecule has 2 aromatic rings. The molecule has 0 unspecified atom stereocenters. The van der Waals surface area contributed by atoms with Crippen molar-refractivity contribution in [3.63, 3.8) is 0 Å². The Morgan fingerprint density at radius 1 is 1.09 bits per heavy atom. The Morgan fingerprint density at radius 2 is 1.74 bits per heavy atom. The third kappa shape index (κ3) is 5.10. The molecule has 1 N–H and O–H groups in total. The molecule has 0 aliphatic carbocycles. The van der Waals surface area contributed by atoms with Gasteiger partial charge in [-0.2, -0.15) is 0 Å². The summed E-state index contributed by atoms with van der Waals surface area (Å²) in [6, 6.07) is 13.9. The second-order valence-electron chi connectivity index (χ2n) is 5.25. The van der Waals surface area contributed by atoms with Crippen molar-refractivity contribution in [2.75, 3.05) is 12.9 Å². The van der Waals surface area contributed by atoms with Crippen LogP contribution in [0.3, 0.4) is 0 Å². The van der Waals surface area contributed by atoms with E-state index in [4.69, 9.17) is 4.74 Å². The molecular weight excluding hydrogens is 314 g/mol. The van der Waals surface area contributed by atoms with Gasteiger partial charge >= 0.3 is 0 Å². The van der Waals surface area contributed by atoms with Crippen molar-refractivity contribution < 1.29 is 17.9 Å². The maximum Gasteiger partial charge on any atom is 0.258 e. The third-order valence-electron chi connectivity index (χ3n) is 3.29. The van der Waals surface area contributed by atoms with Crippen molar-refractivity contribution in [1.82, 2.24) is 5.32 Å². The molecule has 2 rings (SSSR count). The average Bonchev–Trinajstić information content (AvgIpc) is 2.51. The van der Waals surface area contributed by atoms with Crippen LogP contribution in [0.4, 0.5) is 0 Å². The smallest absolute Gasteiger partial charge is 0.258 e. The summed E-state index contributed by atoms with van der Waals surface area (Å²) in [4.78, 5) is 12.1. The number of rotatable bonds is 6. The number of benzene rings is 2. The summed E-state index contributed by atoms with van der Waals surface area (Å²) in [6.45, 7) is 2.17. The zero-order chi connectivity index (χ0) is 16.9. The summed E-state index contributed by atoms with van der Waals surface area (Å²) >= 11 is 0. The summed E-state index contributed by atoms with van der Waals surface area (Å²) in [5, 5.41) is 2.73. The van der Waals surface area contributed by atoms with Gasteiger partial charge in [0.15, 0.2) is 16.4 Å². The molecule has 0 saturated heterocycles. The Labute approximate surface area is 136 Å². The minimum atomic E-state index is -3.20. The third-order valence-corrected chi connectivity index (χ3v) is 4.42. The zero-order valence-corrected chi connectivity index (χ0v) is 13.9. The lowest BCUT2D eigenvalue weighted by Crippen LogP contribution is -2.28. The Morgan fingerprint density at radius 3 is 2.35 bits per heavy atom. The number of hydrogen-bond donors (Lipinski definition) is 1. The molecule has 5 nitrogen and oxygen atoms in total. The van der Waals surface area contributed by atoms with Crippen molar-refractivity contribution in [2.45, 2.75) is 18.4 Å². The minimum absolute atomic E-state index is 0.0632. The molecular formula is C17H19NO4S. The molecule has 2 aromatic carbocycles. The number of hydrogen-bond acceptors (Lipinski definition) is 4. The Bertz CT molecular complexity index is 782. The van der Waals surface area contributed by atoms with Gasteiger partial charge in [-0.3, -0.25) is 4.79 Å². The Kier molecular flexibility index (Phi) is 5.39. The van der Waals surface area contributed by atoms with E-state index in [2.05, 4.69) is 5.32 Å². The van der Waals surface area contributed by atoms with Crippen LogP contribution in [0.15, 0.2) is 53.4 Å². The van der Waals surface area contributed by atoms with E-state index in [0.29, 0.717) is 12.3 Å². The first-order chi connectivity index (χ1) is 10.9. The molecule has 0 radical (unpaired) electrons. The number of ether oxygens (including phenoxy) is 1. The molecule has 0 fully saturated rings. The number of nitrogens with one attached hydrogen (secondary N) is 1. The SMILES string of the molecule is Cc1ccccc1OCC(=O)NCc1ccc(S(C)(=O)=O)cc1. The molecule has 0 aliphatic heterocycles. The quantitative estimate of drug-likeness (QED) is 0.878. The number of para-hydroxylation sites is 1. The molecule has 122 valence electrons. The van der Waals surface area contributed by atoms with Gasteiger partial charge in [0, 0.05) is 12.8 Å². The molecule has 0 aromatic heterocycles. The van der Waals surface area contributed by atoms with E-state index in [0.717, 1.165) is 17.4 Å².